The highest BCUT2D eigenvalue weighted by molar-refractivity contribution is 6.74. The van der Waals surface area contributed by atoms with Crippen LogP contribution in [0.4, 0.5) is 0 Å². The van der Waals surface area contributed by atoms with Gasteiger partial charge in [0.25, 0.3) is 0 Å². The third-order valence-electron chi connectivity index (χ3n) is 5.19. The summed E-state index contributed by atoms with van der Waals surface area (Å²) in [6, 6.07) is 0. The second kappa shape index (κ2) is 9.73. The standard InChI is InChI=1S/C19H38O3Si/c1-15(12-13-18(21)17(3)20)10-9-11-16(2)14-22-23(7,8)19(4,5)6/h15-16H,9-14H2,1-8H3/t15?,16-/m0/s1. The number of hydrogen-bond donors (Lipinski definition) is 0. The third kappa shape index (κ3) is 9.41. The Morgan fingerprint density at radius 2 is 1.52 bits per heavy atom. The highest BCUT2D eigenvalue weighted by Gasteiger charge is 2.37. The Hall–Kier alpha value is -0.483. The van der Waals surface area contributed by atoms with Gasteiger partial charge in [-0.1, -0.05) is 47.5 Å². The molecule has 23 heavy (non-hydrogen) atoms. The van der Waals surface area contributed by atoms with Crippen molar-refractivity contribution in [2.24, 2.45) is 11.8 Å². The molecule has 0 saturated carbocycles. The third-order valence-corrected chi connectivity index (χ3v) is 9.69. The van der Waals surface area contributed by atoms with Gasteiger partial charge in [0.2, 0.25) is 0 Å². The van der Waals surface area contributed by atoms with E-state index in [-0.39, 0.29) is 16.6 Å². The largest absolute Gasteiger partial charge is 0.417 e. The van der Waals surface area contributed by atoms with Crippen LogP contribution in [0.3, 0.4) is 0 Å². The van der Waals surface area contributed by atoms with Crippen molar-refractivity contribution < 1.29 is 14.0 Å². The maximum Gasteiger partial charge on any atom is 0.198 e. The first-order chi connectivity index (χ1) is 10.4. The molecule has 0 N–H and O–H groups in total. The second-order valence-corrected chi connectivity index (χ2v) is 13.5. The Kier molecular flexibility index (Phi) is 9.52. The molecule has 136 valence electrons. The quantitative estimate of drug-likeness (QED) is 0.373. The van der Waals surface area contributed by atoms with Gasteiger partial charge in [-0.15, -0.1) is 0 Å². The molecule has 2 atom stereocenters. The fraction of sp³-hybridized carbons (Fsp3) is 0.895. The van der Waals surface area contributed by atoms with Crippen LogP contribution in [-0.4, -0.2) is 26.5 Å². The molecule has 0 aliphatic carbocycles. The van der Waals surface area contributed by atoms with Gasteiger partial charge in [0.05, 0.1) is 0 Å². The highest BCUT2D eigenvalue weighted by Crippen LogP contribution is 2.36. The van der Waals surface area contributed by atoms with E-state index in [1.165, 1.54) is 13.3 Å². The lowest BCUT2D eigenvalue weighted by Gasteiger charge is -2.37. The Morgan fingerprint density at radius 3 is 2.00 bits per heavy atom. The molecule has 0 heterocycles. The lowest BCUT2D eigenvalue weighted by atomic mass is 9.94. The molecule has 0 rings (SSSR count). The van der Waals surface area contributed by atoms with Gasteiger partial charge in [-0.05, 0) is 42.8 Å². The smallest absolute Gasteiger partial charge is 0.198 e. The molecule has 0 spiro atoms. The monoisotopic (exact) mass is 342 g/mol. The minimum atomic E-state index is -1.63. The molecule has 3 nitrogen and oxygen atoms in total. The van der Waals surface area contributed by atoms with Gasteiger partial charge in [0.15, 0.2) is 19.9 Å². The summed E-state index contributed by atoms with van der Waals surface area (Å²) >= 11 is 0. The summed E-state index contributed by atoms with van der Waals surface area (Å²) in [5, 5.41) is 0.268. The summed E-state index contributed by atoms with van der Waals surface area (Å²) in [5.41, 5.74) is 0. The summed E-state index contributed by atoms with van der Waals surface area (Å²) in [5.74, 6) is 0.545. The first-order valence-corrected chi connectivity index (χ1v) is 12.0. The maximum absolute atomic E-state index is 11.3. The predicted molar refractivity (Wildman–Crippen MR) is 100 cm³/mol. The Bertz CT molecular complexity index is 383. The van der Waals surface area contributed by atoms with Crippen molar-refractivity contribution in [3.05, 3.63) is 0 Å². The van der Waals surface area contributed by atoms with Crippen molar-refractivity contribution in [2.75, 3.05) is 6.61 Å². The molecule has 1 unspecified atom stereocenters. The number of hydrogen-bond acceptors (Lipinski definition) is 3. The number of carbonyl (C=O) groups excluding carboxylic acids is 2. The average Bonchev–Trinajstić information content (AvgIpc) is 2.41. The summed E-state index contributed by atoms with van der Waals surface area (Å²) in [4.78, 5) is 22.3. The van der Waals surface area contributed by atoms with E-state index in [9.17, 15) is 9.59 Å². The van der Waals surface area contributed by atoms with E-state index in [1.807, 2.05) is 0 Å². The zero-order valence-corrected chi connectivity index (χ0v) is 17.6. The van der Waals surface area contributed by atoms with Crippen LogP contribution in [0.25, 0.3) is 0 Å². The van der Waals surface area contributed by atoms with E-state index < -0.39 is 8.32 Å². The van der Waals surface area contributed by atoms with Crippen LogP contribution in [0, 0.1) is 11.8 Å². The summed E-state index contributed by atoms with van der Waals surface area (Å²) in [7, 11) is -1.63. The molecule has 4 heteroatoms. The topological polar surface area (TPSA) is 43.4 Å². The van der Waals surface area contributed by atoms with E-state index in [4.69, 9.17) is 4.43 Å². The van der Waals surface area contributed by atoms with E-state index in [1.54, 1.807) is 0 Å². The Labute approximate surface area is 144 Å². The number of ketones is 2. The van der Waals surface area contributed by atoms with E-state index in [0.717, 1.165) is 25.9 Å². The van der Waals surface area contributed by atoms with Gasteiger partial charge in [-0.3, -0.25) is 9.59 Å². The highest BCUT2D eigenvalue weighted by atomic mass is 28.4. The maximum atomic E-state index is 11.3. The van der Waals surface area contributed by atoms with Gasteiger partial charge >= 0.3 is 0 Å². The van der Waals surface area contributed by atoms with Crippen LogP contribution in [0.1, 0.15) is 73.6 Å². The molecule has 0 amide bonds. The first kappa shape index (κ1) is 22.5. The molecule has 0 aromatic carbocycles. The zero-order chi connectivity index (χ0) is 18.3. The lowest BCUT2D eigenvalue weighted by molar-refractivity contribution is -0.135. The van der Waals surface area contributed by atoms with Gasteiger partial charge in [0, 0.05) is 20.0 Å². The number of carbonyl (C=O) groups is 2. The molecule has 0 aliphatic rings. The number of rotatable bonds is 11. The van der Waals surface area contributed by atoms with Crippen LogP contribution >= 0.6 is 0 Å². The predicted octanol–water partition coefficient (Wildman–Crippen LogP) is 5.39. The van der Waals surface area contributed by atoms with Gasteiger partial charge in [-0.2, -0.15) is 0 Å². The van der Waals surface area contributed by atoms with Crippen molar-refractivity contribution in [2.45, 2.75) is 91.8 Å². The SMILES string of the molecule is CC(=O)C(=O)CCC(C)CCC[C@H](C)CO[Si](C)(C)C(C)(C)C. The van der Waals surface area contributed by atoms with Crippen molar-refractivity contribution in [1.29, 1.82) is 0 Å². The van der Waals surface area contributed by atoms with Gasteiger partial charge in [0.1, 0.15) is 0 Å². The van der Waals surface area contributed by atoms with Crippen molar-refractivity contribution in [1.82, 2.24) is 0 Å². The van der Waals surface area contributed by atoms with Crippen molar-refractivity contribution in [3.63, 3.8) is 0 Å². The molecule has 0 bridgehead atoms. The molecule has 0 aliphatic heterocycles. The molecule has 0 saturated heterocycles. The fourth-order valence-corrected chi connectivity index (χ4v) is 3.30. The number of Topliss-reactive ketones (excluding diaryl/α,β-unsaturated/α-hetero) is 2. The van der Waals surface area contributed by atoms with E-state index in [0.29, 0.717) is 18.3 Å². The summed E-state index contributed by atoms with van der Waals surface area (Å²) < 4.78 is 6.28. The van der Waals surface area contributed by atoms with Crippen LogP contribution in [0.5, 0.6) is 0 Å². The molecule has 0 radical (unpaired) electrons. The minimum Gasteiger partial charge on any atom is -0.417 e. The average molecular weight is 343 g/mol. The molecular formula is C19H38O3Si. The van der Waals surface area contributed by atoms with E-state index >= 15 is 0 Å². The molecule has 0 aromatic rings. The van der Waals surface area contributed by atoms with Crippen molar-refractivity contribution >= 4 is 19.9 Å². The van der Waals surface area contributed by atoms with Gasteiger partial charge in [-0.25, -0.2) is 0 Å². The zero-order valence-electron chi connectivity index (χ0n) is 16.6. The van der Waals surface area contributed by atoms with Crippen molar-refractivity contribution in [3.8, 4) is 0 Å². The Balaban J connectivity index is 3.92. The lowest BCUT2D eigenvalue weighted by Crippen LogP contribution is -2.41. The van der Waals surface area contributed by atoms with E-state index in [2.05, 4.69) is 47.7 Å². The normalized spacial score (nSPS) is 15.3. The summed E-state index contributed by atoms with van der Waals surface area (Å²) in [6.07, 6.45) is 4.68. The molecule has 0 aromatic heterocycles. The first-order valence-electron chi connectivity index (χ1n) is 9.04. The molecular weight excluding hydrogens is 304 g/mol. The summed E-state index contributed by atoms with van der Waals surface area (Å²) in [6.45, 7) is 18.1. The fourth-order valence-electron chi connectivity index (χ4n) is 2.16. The van der Waals surface area contributed by atoms with Gasteiger partial charge < -0.3 is 4.43 Å². The minimum absolute atomic E-state index is 0.229. The second-order valence-electron chi connectivity index (χ2n) is 8.73. The van der Waals surface area contributed by atoms with Crippen LogP contribution in [0.2, 0.25) is 18.1 Å². The van der Waals surface area contributed by atoms with Crippen LogP contribution in [0.15, 0.2) is 0 Å². The molecule has 0 fully saturated rings. The van der Waals surface area contributed by atoms with Crippen LogP contribution in [-0.2, 0) is 14.0 Å². The van der Waals surface area contributed by atoms with Crippen LogP contribution < -0.4 is 0 Å². The Morgan fingerprint density at radius 1 is 1.00 bits per heavy atom.